The second-order valence-corrected chi connectivity index (χ2v) is 4.48. The summed E-state index contributed by atoms with van der Waals surface area (Å²) in [4.78, 5) is 2.28. The average molecular weight is 185 g/mol. The van der Waals surface area contributed by atoms with Gasteiger partial charge >= 0.3 is 0 Å². The lowest BCUT2D eigenvalue weighted by molar-refractivity contribution is 0.0767. The zero-order valence-electron chi connectivity index (χ0n) is 8.19. The van der Waals surface area contributed by atoms with Crippen molar-refractivity contribution < 1.29 is 10.2 Å². The second-order valence-electron chi connectivity index (χ2n) is 4.48. The first-order valence-corrected chi connectivity index (χ1v) is 5.25. The topological polar surface area (TPSA) is 43.7 Å². The molecule has 3 nitrogen and oxygen atoms in total. The van der Waals surface area contributed by atoms with Gasteiger partial charge in [-0.05, 0) is 38.6 Å². The van der Waals surface area contributed by atoms with Crippen LogP contribution in [0.5, 0.6) is 0 Å². The van der Waals surface area contributed by atoms with Gasteiger partial charge in [-0.25, -0.2) is 0 Å². The van der Waals surface area contributed by atoms with Crippen molar-refractivity contribution in [1.82, 2.24) is 4.90 Å². The molecule has 0 aliphatic heterocycles. The summed E-state index contributed by atoms with van der Waals surface area (Å²) in [5.41, 5.74) is 0. The molecule has 0 amide bonds. The summed E-state index contributed by atoms with van der Waals surface area (Å²) in [5, 5.41) is 18.6. The Kier molecular flexibility index (Phi) is 2.58. The molecule has 2 aliphatic rings. The highest BCUT2D eigenvalue weighted by Gasteiger charge is 2.44. The van der Waals surface area contributed by atoms with Crippen LogP contribution in [0.4, 0.5) is 0 Å². The number of nitrogens with zero attached hydrogens (tertiary/aromatic N) is 1. The molecule has 0 radical (unpaired) electrons. The molecule has 0 heterocycles. The first kappa shape index (κ1) is 9.44. The molecule has 2 rings (SSSR count). The van der Waals surface area contributed by atoms with Gasteiger partial charge in [0.2, 0.25) is 0 Å². The van der Waals surface area contributed by atoms with Crippen LogP contribution in [0.2, 0.25) is 0 Å². The fraction of sp³-hybridized carbons (Fsp3) is 1.00. The Morgan fingerprint density at radius 1 is 1.31 bits per heavy atom. The van der Waals surface area contributed by atoms with Crippen LogP contribution in [0.25, 0.3) is 0 Å². The molecule has 13 heavy (non-hydrogen) atoms. The molecule has 2 fully saturated rings. The third-order valence-corrected chi connectivity index (χ3v) is 3.61. The van der Waals surface area contributed by atoms with E-state index < -0.39 is 0 Å². The fourth-order valence-electron chi connectivity index (χ4n) is 2.57. The molecule has 76 valence electrons. The van der Waals surface area contributed by atoms with Gasteiger partial charge in [-0.15, -0.1) is 0 Å². The van der Waals surface area contributed by atoms with E-state index in [-0.39, 0.29) is 6.10 Å². The zero-order valence-corrected chi connectivity index (χ0v) is 8.19. The molecule has 0 bridgehead atoms. The van der Waals surface area contributed by atoms with E-state index in [9.17, 15) is 5.11 Å². The lowest BCUT2D eigenvalue weighted by Crippen LogP contribution is -2.39. The maximum absolute atomic E-state index is 9.69. The van der Waals surface area contributed by atoms with E-state index in [0.717, 1.165) is 25.7 Å². The Morgan fingerprint density at radius 3 is 2.54 bits per heavy atom. The minimum Gasteiger partial charge on any atom is -0.396 e. The third kappa shape index (κ3) is 1.73. The highest BCUT2D eigenvalue weighted by atomic mass is 16.3. The Balaban J connectivity index is 1.86. The Hall–Kier alpha value is -0.120. The summed E-state index contributed by atoms with van der Waals surface area (Å²) in [6.07, 6.45) is 4.19. The minimum absolute atomic E-state index is 0.134. The van der Waals surface area contributed by atoms with Crippen molar-refractivity contribution in [2.24, 2.45) is 5.92 Å². The highest BCUT2D eigenvalue weighted by Crippen LogP contribution is 2.38. The maximum Gasteiger partial charge on any atom is 0.0695 e. The van der Waals surface area contributed by atoms with Gasteiger partial charge in [0.05, 0.1) is 6.10 Å². The standard InChI is InChI=1S/C10H19NO2/c1-11(9-5-7(9)6-12)8-3-2-4-10(8)13/h7-10,12-13H,2-6H2,1H3/t7?,8-,9?,10-/m1/s1. The third-order valence-electron chi connectivity index (χ3n) is 3.61. The van der Waals surface area contributed by atoms with Gasteiger partial charge in [0.1, 0.15) is 0 Å². The molecule has 2 aliphatic carbocycles. The first-order valence-electron chi connectivity index (χ1n) is 5.25. The SMILES string of the molecule is CN(C1CC1CO)[C@@H]1CCC[C@H]1O. The highest BCUT2D eigenvalue weighted by molar-refractivity contribution is 4.98. The van der Waals surface area contributed by atoms with Gasteiger partial charge in [-0.3, -0.25) is 4.90 Å². The van der Waals surface area contributed by atoms with E-state index in [1.807, 2.05) is 0 Å². The number of aliphatic hydroxyl groups excluding tert-OH is 2. The van der Waals surface area contributed by atoms with E-state index in [0.29, 0.717) is 24.6 Å². The largest absolute Gasteiger partial charge is 0.396 e. The van der Waals surface area contributed by atoms with Gasteiger partial charge in [-0.1, -0.05) is 0 Å². The monoisotopic (exact) mass is 185 g/mol. The van der Waals surface area contributed by atoms with Gasteiger partial charge in [0.25, 0.3) is 0 Å². The fourth-order valence-corrected chi connectivity index (χ4v) is 2.57. The van der Waals surface area contributed by atoms with Crippen molar-refractivity contribution in [2.75, 3.05) is 13.7 Å². The molecule has 4 atom stereocenters. The van der Waals surface area contributed by atoms with Crippen LogP contribution >= 0.6 is 0 Å². The zero-order chi connectivity index (χ0) is 9.42. The van der Waals surface area contributed by atoms with E-state index in [4.69, 9.17) is 5.11 Å². The van der Waals surface area contributed by atoms with Gasteiger partial charge in [0, 0.05) is 18.7 Å². The summed E-state index contributed by atoms with van der Waals surface area (Å²) in [6, 6.07) is 0.879. The predicted molar refractivity (Wildman–Crippen MR) is 50.4 cm³/mol. The van der Waals surface area contributed by atoms with E-state index in [1.165, 1.54) is 0 Å². The molecule has 0 aromatic carbocycles. The number of hydrogen-bond acceptors (Lipinski definition) is 3. The lowest BCUT2D eigenvalue weighted by atomic mass is 10.2. The smallest absolute Gasteiger partial charge is 0.0695 e. The van der Waals surface area contributed by atoms with E-state index >= 15 is 0 Å². The van der Waals surface area contributed by atoms with Gasteiger partial charge < -0.3 is 10.2 Å². The Morgan fingerprint density at radius 2 is 2.08 bits per heavy atom. The molecule has 0 aromatic heterocycles. The van der Waals surface area contributed by atoms with Crippen LogP contribution in [0.3, 0.4) is 0 Å². The van der Waals surface area contributed by atoms with Crippen LogP contribution in [-0.2, 0) is 0 Å². The number of rotatable bonds is 3. The van der Waals surface area contributed by atoms with Gasteiger partial charge in [0.15, 0.2) is 0 Å². The normalized spacial score (nSPS) is 44.3. The van der Waals surface area contributed by atoms with Crippen molar-refractivity contribution in [3.8, 4) is 0 Å². The molecule has 2 N–H and O–H groups in total. The molecular weight excluding hydrogens is 166 g/mol. The summed E-state index contributed by atoms with van der Waals surface area (Å²) in [6.45, 7) is 0.303. The van der Waals surface area contributed by atoms with Crippen LogP contribution < -0.4 is 0 Å². The molecule has 2 unspecified atom stereocenters. The van der Waals surface area contributed by atoms with E-state index in [1.54, 1.807) is 0 Å². The average Bonchev–Trinajstić information content (AvgIpc) is 2.80. The number of aliphatic hydroxyl groups is 2. The Bertz CT molecular complexity index is 186. The van der Waals surface area contributed by atoms with Gasteiger partial charge in [-0.2, -0.15) is 0 Å². The minimum atomic E-state index is -0.134. The quantitative estimate of drug-likeness (QED) is 0.660. The van der Waals surface area contributed by atoms with Crippen molar-refractivity contribution in [2.45, 2.75) is 43.9 Å². The van der Waals surface area contributed by atoms with E-state index in [2.05, 4.69) is 11.9 Å². The molecule has 0 saturated heterocycles. The predicted octanol–water partition coefficient (Wildman–Crippen LogP) is 0.212. The molecule has 0 spiro atoms. The molecule has 0 aromatic rings. The Labute approximate surface area is 79.4 Å². The number of likely N-dealkylation sites (N-methyl/N-ethyl adjacent to an activating group) is 1. The van der Waals surface area contributed by atoms with Crippen LogP contribution in [0.1, 0.15) is 25.7 Å². The first-order chi connectivity index (χ1) is 6.24. The van der Waals surface area contributed by atoms with Crippen LogP contribution in [0, 0.1) is 5.92 Å². The summed E-state index contributed by atoms with van der Waals surface area (Å²) >= 11 is 0. The van der Waals surface area contributed by atoms with Crippen molar-refractivity contribution >= 4 is 0 Å². The molecule has 3 heteroatoms. The summed E-state index contributed by atoms with van der Waals surface area (Å²) < 4.78 is 0. The summed E-state index contributed by atoms with van der Waals surface area (Å²) in [5.74, 6) is 0.470. The van der Waals surface area contributed by atoms with Crippen molar-refractivity contribution in [3.63, 3.8) is 0 Å². The lowest BCUT2D eigenvalue weighted by Gasteiger charge is -2.27. The number of hydrogen-bond donors (Lipinski definition) is 2. The van der Waals surface area contributed by atoms with Crippen molar-refractivity contribution in [3.05, 3.63) is 0 Å². The second kappa shape index (κ2) is 3.56. The van der Waals surface area contributed by atoms with Crippen LogP contribution in [-0.4, -0.2) is 47.0 Å². The van der Waals surface area contributed by atoms with Crippen molar-refractivity contribution in [1.29, 1.82) is 0 Å². The van der Waals surface area contributed by atoms with Crippen LogP contribution in [0.15, 0.2) is 0 Å². The molecule has 2 saturated carbocycles. The maximum atomic E-state index is 9.69. The summed E-state index contributed by atoms with van der Waals surface area (Å²) in [7, 11) is 2.08. The molecular formula is C10H19NO2.